The highest BCUT2D eigenvalue weighted by Crippen LogP contribution is 2.28. The number of anilines is 1. The summed E-state index contributed by atoms with van der Waals surface area (Å²) in [5.41, 5.74) is 3.44. The zero-order valence-electron chi connectivity index (χ0n) is 20.6. The molecule has 2 amide bonds. The van der Waals surface area contributed by atoms with Crippen LogP contribution in [-0.4, -0.2) is 44.8 Å². The van der Waals surface area contributed by atoms with Gasteiger partial charge in [-0.1, -0.05) is 13.0 Å². The summed E-state index contributed by atoms with van der Waals surface area (Å²) < 4.78 is 21.4. The molecule has 10 heteroatoms. The minimum atomic E-state index is -0.956. The summed E-state index contributed by atoms with van der Waals surface area (Å²) in [6, 6.07) is 17.9. The van der Waals surface area contributed by atoms with Crippen LogP contribution in [0.3, 0.4) is 0 Å². The molecule has 0 unspecified atom stereocenters. The molecule has 0 fully saturated rings. The van der Waals surface area contributed by atoms with E-state index in [2.05, 4.69) is 15.8 Å². The number of benzene rings is 3. The van der Waals surface area contributed by atoms with Crippen molar-refractivity contribution in [3.63, 3.8) is 0 Å². The van der Waals surface area contributed by atoms with E-state index in [1.54, 1.807) is 60.7 Å². The number of amides is 2. The first-order valence-corrected chi connectivity index (χ1v) is 11.3. The Morgan fingerprint density at radius 3 is 2.35 bits per heavy atom. The largest absolute Gasteiger partial charge is 0.497 e. The van der Waals surface area contributed by atoms with Crippen LogP contribution >= 0.6 is 0 Å². The SMILES string of the molecule is CCCOc1ccc(C(=O)Oc2ccc(/C=N/NC(=O)C(=O)Nc3cccc(OC)c3)cc2OC)cc1. The molecule has 0 aromatic heterocycles. The molecule has 0 aliphatic rings. The molecular weight excluding hydrogens is 478 g/mol. The van der Waals surface area contributed by atoms with Crippen molar-refractivity contribution in [3.05, 3.63) is 77.9 Å². The number of rotatable bonds is 10. The molecule has 0 saturated carbocycles. The first-order chi connectivity index (χ1) is 17.9. The number of carbonyl (C=O) groups is 3. The predicted molar refractivity (Wildman–Crippen MR) is 138 cm³/mol. The second-order valence-corrected chi connectivity index (χ2v) is 7.56. The summed E-state index contributed by atoms with van der Waals surface area (Å²) in [4.78, 5) is 36.6. The topological polar surface area (TPSA) is 125 Å². The average molecular weight is 506 g/mol. The summed E-state index contributed by atoms with van der Waals surface area (Å²) >= 11 is 0. The van der Waals surface area contributed by atoms with Gasteiger partial charge in [-0.15, -0.1) is 0 Å². The van der Waals surface area contributed by atoms with Crippen molar-refractivity contribution in [2.75, 3.05) is 26.1 Å². The molecule has 0 aliphatic carbocycles. The average Bonchev–Trinajstić information content (AvgIpc) is 2.92. The predicted octanol–water partition coefficient (Wildman–Crippen LogP) is 3.80. The first-order valence-electron chi connectivity index (χ1n) is 11.3. The summed E-state index contributed by atoms with van der Waals surface area (Å²) in [5.74, 6) is -0.715. The molecule has 3 rings (SSSR count). The summed E-state index contributed by atoms with van der Waals surface area (Å²) in [6.45, 7) is 2.60. The number of methoxy groups -OCH3 is 2. The Balaban J connectivity index is 1.57. The highest BCUT2D eigenvalue weighted by molar-refractivity contribution is 6.39. The highest BCUT2D eigenvalue weighted by Gasteiger charge is 2.15. The van der Waals surface area contributed by atoms with Crippen molar-refractivity contribution in [3.8, 4) is 23.0 Å². The zero-order valence-corrected chi connectivity index (χ0v) is 20.6. The van der Waals surface area contributed by atoms with Gasteiger partial charge >= 0.3 is 17.8 Å². The number of carbonyl (C=O) groups excluding carboxylic acids is 3. The van der Waals surface area contributed by atoms with Crippen molar-refractivity contribution < 1.29 is 33.3 Å². The molecule has 0 saturated heterocycles. The molecule has 10 nitrogen and oxygen atoms in total. The van der Waals surface area contributed by atoms with Crippen LogP contribution in [-0.2, 0) is 9.59 Å². The van der Waals surface area contributed by atoms with Crippen molar-refractivity contribution in [1.29, 1.82) is 0 Å². The van der Waals surface area contributed by atoms with Gasteiger partial charge in [0.2, 0.25) is 0 Å². The van der Waals surface area contributed by atoms with E-state index in [0.717, 1.165) is 6.42 Å². The Morgan fingerprint density at radius 2 is 1.65 bits per heavy atom. The number of ether oxygens (including phenoxy) is 4. The highest BCUT2D eigenvalue weighted by atomic mass is 16.6. The van der Waals surface area contributed by atoms with Gasteiger partial charge in [-0.3, -0.25) is 9.59 Å². The maximum atomic E-state index is 12.5. The number of esters is 1. The van der Waals surface area contributed by atoms with Gasteiger partial charge in [0.1, 0.15) is 11.5 Å². The quantitative estimate of drug-likeness (QED) is 0.141. The normalized spacial score (nSPS) is 10.5. The van der Waals surface area contributed by atoms with Crippen molar-refractivity contribution in [2.45, 2.75) is 13.3 Å². The van der Waals surface area contributed by atoms with Gasteiger partial charge in [0.15, 0.2) is 11.5 Å². The van der Waals surface area contributed by atoms with Gasteiger partial charge in [-0.05, 0) is 66.6 Å². The van der Waals surface area contributed by atoms with E-state index in [1.807, 2.05) is 6.92 Å². The molecule has 3 aromatic rings. The third kappa shape index (κ3) is 7.82. The molecule has 37 heavy (non-hydrogen) atoms. The summed E-state index contributed by atoms with van der Waals surface area (Å²) in [7, 11) is 2.93. The van der Waals surface area contributed by atoms with Crippen LogP contribution in [0.15, 0.2) is 71.8 Å². The monoisotopic (exact) mass is 505 g/mol. The molecule has 3 aromatic carbocycles. The first kappa shape index (κ1) is 26.7. The third-order valence-electron chi connectivity index (χ3n) is 4.87. The van der Waals surface area contributed by atoms with Gasteiger partial charge in [-0.25, -0.2) is 10.2 Å². The van der Waals surface area contributed by atoms with E-state index in [1.165, 1.54) is 26.5 Å². The zero-order chi connectivity index (χ0) is 26.6. The second-order valence-electron chi connectivity index (χ2n) is 7.56. The minimum Gasteiger partial charge on any atom is -0.497 e. The number of nitrogens with zero attached hydrogens (tertiary/aromatic N) is 1. The number of hydrogen-bond acceptors (Lipinski definition) is 8. The van der Waals surface area contributed by atoms with Crippen LogP contribution < -0.4 is 29.7 Å². The van der Waals surface area contributed by atoms with Gasteiger partial charge in [-0.2, -0.15) is 5.10 Å². The van der Waals surface area contributed by atoms with Gasteiger partial charge < -0.3 is 24.3 Å². The smallest absolute Gasteiger partial charge is 0.343 e. The molecular formula is C27H27N3O7. The molecule has 0 aliphatic heterocycles. The van der Waals surface area contributed by atoms with Crippen LogP contribution in [0.2, 0.25) is 0 Å². The Kier molecular flexibility index (Phi) is 9.60. The van der Waals surface area contributed by atoms with E-state index in [4.69, 9.17) is 18.9 Å². The third-order valence-corrected chi connectivity index (χ3v) is 4.87. The Bertz CT molecular complexity index is 1270. The maximum absolute atomic E-state index is 12.5. The Hall–Kier alpha value is -4.86. The van der Waals surface area contributed by atoms with Crippen LogP contribution in [0.5, 0.6) is 23.0 Å². The summed E-state index contributed by atoms with van der Waals surface area (Å²) in [5, 5.41) is 6.25. The van der Waals surface area contributed by atoms with Gasteiger partial charge in [0.25, 0.3) is 0 Å². The lowest BCUT2D eigenvalue weighted by atomic mass is 10.2. The lowest BCUT2D eigenvalue weighted by Crippen LogP contribution is -2.32. The van der Waals surface area contributed by atoms with E-state index in [0.29, 0.717) is 34.9 Å². The van der Waals surface area contributed by atoms with Gasteiger partial charge in [0.05, 0.1) is 32.6 Å². The fourth-order valence-electron chi connectivity index (χ4n) is 3.02. The van der Waals surface area contributed by atoms with E-state index < -0.39 is 17.8 Å². The summed E-state index contributed by atoms with van der Waals surface area (Å²) in [6.07, 6.45) is 2.20. The molecule has 192 valence electrons. The number of hydrogen-bond donors (Lipinski definition) is 2. The van der Waals surface area contributed by atoms with Crippen LogP contribution in [0, 0.1) is 0 Å². The van der Waals surface area contributed by atoms with Crippen molar-refractivity contribution in [1.82, 2.24) is 5.43 Å². The molecule has 0 radical (unpaired) electrons. The number of nitrogens with one attached hydrogen (secondary N) is 2. The van der Waals surface area contributed by atoms with Crippen LogP contribution in [0.25, 0.3) is 0 Å². The second kappa shape index (κ2) is 13.3. The van der Waals surface area contributed by atoms with E-state index in [9.17, 15) is 14.4 Å². The maximum Gasteiger partial charge on any atom is 0.343 e. The van der Waals surface area contributed by atoms with Crippen LogP contribution in [0.4, 0.5) is 5.69 Å². The molecule has 0 atom stereocenters. The Labute approximate surface area is 214 Å². The standard InChI is InChI=1S/C27H27N3O7/c1-4-14-36-21-11-9-19(10-12-21)27(33)37-23-13-8-18(15-24(23)35-3)17-28-30-26(32)25(31)29-20-6-5-7-22(16-20)34-2/h5-13,15-17H,4,14H2,1-3H3,(H,29,31)(H,30,32)/b28-17+. The van der Waals surface area contributed by atoms with E-state index >= 15 is 0 Å². The van der Waals surface area contributed by atoms with E-state index in [-0.39, 0.29) is 11.5 Å². The van der Waals surface area contributed by atoms with Gasteiger partial charge in [0, 0.05) is 11.8 Å². The fourth-order valence-corrected chi connectivity index (χ4v) is 3.02. The molecule has 2 N–H and O–H groups in total. The van der Waals surface area contributed by atoms with Crippen molar-refractivity contribution in [2.24, 2.45) is 5.10 Å². The lowest BCUT2D eigenvalue weighted by molar-refractivity contribution is -0.136. The van der Waals surface area contributed by atoms with Crippen LogP contribution in [0.1, 0.15) is 29.3 Å². The molecule has 0 bridgehead atoms. The minimum absolute atomic E-state index is 0.206. The molecule has 0 heterocycles. The number of hydrazone groups is 1. The fraction of sp³-hybridized carbons (Fsp3) is 0.185. The lowest BCUT2D eigenvalue weighted by Gasteiger charge is -2.10. The van der Waals surface area contributed by atoms with Crippen molar-refractivity contribution >= 4 is 29.7 Å². The Morgan fingerprint density at radius 1 is 0.865 bits per heavy atom. The molecule has 0 spiro atoms.